The highest BCUT2D eigenvalue weighted by molar-refractivity contribution is 5.91. The second-order valence-corrected chi connectivity index (χ2v) is 5.11. The van der Waals surface area contributed by atoms with Crippen molar-refractivity contribution in [3.05, 3.63) is 59.4 Å². The van der Waals surface area contributed by atoms with Gasteiger partial charge in [-0.3, -0.25) is 4.79 Å². The lowest BCUT2D eigenvalue weighted by atomic mass is 10.3. The lowest BCUT2D eigenvalue weighted by Crippen LogP contribution is -2.23. The van der Waals surface area contributed by atoms with Crippen LogP contribution in [0.15, 0.2) is 33.4 Å². The highest BCUT2D eigenvalue weighted by Crippen LogP contribution is 2.20. The van der Waals surface area contributed by atoms with Gasteiger partial charge < -0.3 is 19.0 Å². The SMILES string of the molecule is CCc1nc(CNC(=O)c2coc(COc3cccc(F)c3F)n2)no1. The van der Waals surface area contributed by atoms with Crippen LogP contribution in [0.3, 0.4) is 0 Å². The van der Waals surface area contributed by atoms with Gasteiger partial charge in [-0.15, -0.1) is 0 Å². The first-order valence-corrected chi connectivity index (χ1v) is 7.67. The van der Waals surface area contributed by atoms with Crippen LogP contribution in [0.2, 0.25) is 0 Å². The number of carbonyl (C=O) groups is 1. The van der Waals surface area contributed by atoms with Crippen LogP contribution in [0, 0.1) is 11.6 Å². The van der Waals surface area contributed by atoms with E-state index in [0.29, 0.717) is 18.1 Å². The molecular formula is C16H14F2N4O4. The summed E-state index contributed by atoms with van der Waals surface area (Å²) in [4.78, 5) is 20.0. The molecule has 136 valence electrons. The van der Waals surface area contributed by atoms with Crippen LogP contribution in [-0.2, 0) is 19.6 Å². The summed E-state index contributed by atoms with van der Waals surface area (Å²) < 4.78 is 41.7. The summed E-state index contributed by atoms with van der Waals surface area (Å²) in [6, 6.07) is 3.55. The van der Waals surface area contributed by atoms with Crippen LogP contribution < -0.4 is 10.1 Å². The zero-order chi connectivity index (χ0) is 18.5. The molecule has 26 heavy (non-hydrogen) atoms. The zero-order valence-corrected chi connectivity index (χ0v) is 13.7. The van der Waals surface area contributed by atoms with E-state index in [1.165, 1.54) is 12.1 Å². The average molecular weight is 364 g/mol. The summed E-state index contributed by atoms with van der Waals surface area (Å²) in [5.41, 5.74) is 0.00234. The Hall–Kier alpha value is -3.30. The summed E-state index contributed by atoms with van der Waals surface area (Å²) in [6.45, 7) is 1.67. The van der Waals surface area contributed by atoms with Gasteiger partial charge in [0, 0.05) is 6.42 Å². The van der Waals surface area contributed by atoms with Crippen molar-refractivity contribution < 1.29 is 27.3 Å². The molecule has 2 heterocycles. The number of nitrogens with zero attached hydrogens (tertiary/aromatic N) is 3. The van der Waals surface area contributed by atoms with Gasteiger partial charge in [0.1, 0.15) is 6.26 Å². The fourth-order valence-electron chi connectivity index (χ4n) is 1.97. The Morgan fingerprint density at radius 2 is 2.12 bits per heavy atom. The maximum absolute atomic E-state index is 13.5. The van der Waals surface area contributed by atoms with Crippen LogP contribution in [0.25, 0.3) is 0 Å². The van der Waals surface area contributed by atoms with Crippen LogP contribution in [-0.4, -0.2) is 21.0 Å². The molecule has 0 saturated heterocycles. The van der Waals surface area contributed by atoms with Gasteiger partial charge in [-0.2, -0.15) is 9.37 Å². The predicted molar refractivity (Wildman–Crippen MR) is 82.0 cm³/mol. The molecule has 2 aromatic heterocycles. The topological polar surface area (TPSA) is 103 Å². The largest absolute Gasteiger partial charge is 0.481 e. The van der Waals surface area contributed by atoms with E-state index < -0.39 is 17.5 Å². The number of aromatic nitrogens is 3. The molecule has 0 fully saturated rings. The maximum atomic E-state index is 13.5. The lowest BCUT2D eigenvalue weighted by Gasteiger charge is -2.04. The van der Waals surface area contributed by atoms with Gasteiger partial charge in [-0.1, -0.05) is 18.1 Å². The Labute approximate surface area is 146 Å². The first kappa shape index (κ1) is 17.5. The van der Waals surface area contributed by atoms with Gasteiger partial charge in [0.05, 0.1) is 6.54 Å². The van der Waals surface area contributed by atoms with Gasteiger partial charge in [-0.25, -0.2) is 9.37 Å². The number of rotatable bonds is 7. The Balaban J connectivity index is 1.55. The molecule has 0 aliphatic carbocycles. The average Bonchev–Trinajstić information content (AvgIpc) is 3.30. The normalized spacial score (nSPS) is 10.7. The van der Waals surface area contributed by atoms with Gasteiger partial charge in [0.15, 0.2) is 29.7 Å². The molecule has 0 aliphatic rings. The summed E-state index contributed by atoms with van der Waals surface area (Å²) in [5, 5.41) is 6.26. The van der Waals surface area contributed by atoms with Crippen molar-refractivity contribution in [2.45, 2.75) is 26.5 Å². The van der Waals surface area contributed by atoms with E-state index in [1.807, 2.05) is 6.92 Å². The van der Waals surface area contributed by atoms with Crippen molar-refractivity contribution in [1.29, 1.82) is 0 Å². The number of benzene rings is 1. The maximum Gasteiger partial charge on any atom is 0.273 e. The fourth-order valence-corrected chi connectivity index (χ4v) is 1.97. The molecule has 0 radical (unpaired) electrons. The highest BCUT2D eigenvalue weighted by atomic mass is 19.2. The van der Waals surface area contributed by atoms with Crippen molar-refractivity contribution >= 4 is 5.91 Å². The van der Waals surface area contributed by atoms with Crippen LogP contribution in [0.5, 0.6) is 5.75 Å². The van der Waals surface area contributed by atoms with Crippen LogP contribution in [0.4, 0.5) is 8.78 Å². The van der Waals surface area contributed by atoms with Crippen molar-refractivity contribution in [2.24, 2.45) is 0 Å². The van der Waals surface area contributed by atoms with Crippen molar-refractivity contribution in [3.63, 3.8) is 0 Å². The number of oxazole rings is 1. The molecule has 3 rings (SSSR count). The summed E-state index contributed by atoms with van der Waals surface area (Å²) >= 11 is 0. The molecule has 0 spiro atoms. The monoisotopic (exact) mass is 364 g/mol. The number of halogens is 2. The molecule has 0 saturated carbocycles. The molecule has 0 atom stereocenters. The molecule has 10 heteroatoms. The Morgan fingerprint density at radius 3 is 2.88 bits per heavy atom. The molecular weight excluding hydrogens is 350 g/mol. The van der Waals surface area contributed by atoms with E-state index in [0.717, 1.165) is 12.3 Å². The third-order valence-corrected chi connectivity index (χ3v) is 3.27. The molecule has 0 bridgehead atoms. The van der Waals surface area contributed by atoms with Crippen molar-refractivity contribution in [1.82, 2.24) is 20.4 Å². The highest BCUT2D eigenvalue weighted by Gasteiger charge is 2.15. The summed E-state index contributed by atoms with van der Waals surface area (Å²) in [6.07, 6.45) is 1.73. The number of carbonyl (C=O) groups excluding carboxylic acids is 1. The smallest absolute Gasteiger partial charge is 0.273 e. The standard InChI is InChI=1S/C16H14F2N4O4/c1-2-13-21-12(22-26-13)6-19-16(23)10-7-25-14(20-10)8-24-11-5-3-4-9(17)15(11)18/h3-5,7H,2,6,8H2,1H3,(H,19,23). The minimum Gasteiger partial charge on any atom is -0.481 e. The van der Waals surface area contributed by atoms with Crippen molar-refractivity contribution in [2.75, 3.05) is 0 Å². The number of aryl methyl sites for hydroxylation is 1. The molecule has 1 aromatic carbocycles. The van der Waals surface area contributed by atoms with Crippen molar-refractivity contribution in [3.8, 4) is 5.75 Å². The quantitative estimate of drug-likeness (QED) is 0.686. The fraction of sp³-hybridized carbons (Fsp3) is 0.250. The predicted octanol–water partition coefficient (Wildman–Crippen LogP) is 2.41. The third-order valence-electron chi connectivity index (χ3n) is 3.27. The Kier molecular flexibility index (Phi) is 5.20. The van der Waals surface area contributed by atoms with E-state index in [-0.39, 0.29) is 30.5 Å². The first-order valence-electron chi connectivity index (χ1n) is 7.67. The molecule has 1 amide bonds. The summed E-state index contributed by atoms with van der Waals surface area (Å²) in [7, 11) is 0. The van der Waals surface area contributed by atoms with E-state index >= 15 is 0 Å². The number of amides is 1. The number of nitrogens with one attached hydrogen (secondary N) is 1. The lowest BCUT2D eigenvalue weighted by molar-refractivity contribution is 0.0944. The van der Waals surface area contributed by atoms with E-state index in [1.54, 1.807) is 0 Å². The number of ether oxygens (including phenoxy) is 1. The van der Waals surface area contributed by atoms with Crippen LogP contribution >= 0.6 is 0 Å². The van der Waals surface area contributed by atoms with E-state index in [4.69, 9.17) is 13.7 Å². The molecule has 3 aromatic rings. The molecule has 1 N–H and O–H groups in total. The Bertz CT molecular complexity index is 909. The second-order valence-electron chi connectivity index (χ2n) is 5.11. The minimum atomic E-state index is -1.11. The minimum absolute atomic E-state index is 0.00234. The van der Waals surface area contributed by atoms with E-state index in [9.17, 15) is 13.6 Å². The second kappa shape index (κ2) is 7.72. The van der Waals surface area contributed by atoms with Gasteiger partial charge in [0.2, 0.25) is 17.6 Å². The first-order chi connectivity index (χ1) is 12.6. The van der Waals surface area contributed by atoms with Crippen LogP contribution in [0.1, 0.15) is 35.0 Å². The molecule has 0 unspecified atom stereocenters. The number of hydrogen-bond donors (Lipinski definition) is 1. The van der Waals surface area contributed by atoms with E-state index in [2.05, 4.69) is 20.4 Å². The molecule has 0 aliphatic heterocycles. The van der Waals surface area contributed by atoms with Gasteiger partial charge >= 0.3 is 0 Å². The zero-order valence-electron chi connectivity index (χ0n) is 13.7. The Morgan fingerprint density at radius 1 is 1.27 bits per heavy atom. The molecule has 8 nitrogen and oxygen atoms in total. The van der Waals surface area contributed by atoms with Gasteiger partial charge in [-0.05, 0) is 12.1 Å². The number of hydrogen-bond acceptors (Lipinski definition) is 7. The third kappa shape index (κ3) is 4.02. The van der Waals surface area contributed by atoms with Gasteiger partial charge in [0.25, 0.3) is 5.91 Å². The summed E-state index contributed by atoms with van der Waals surface area (Å²) in [5.74, 6) is -2.08.